The summed E-state index contributed by atoms with van der Waals surface area (Å²) in [5, 5.41) is 3.18. The predicted molar refractivity (Wildman–Crippen MR) is 82.5 cm³/mol. The Morgan fingerprint density at radius 1 is 1.29 bits per heavy atom. The SMILES string of the molecule is CCNCc1ccc(S(=O)(=O)NCC(C)(C)OCC)nc1. The Kier molecular flexibility index (Phi) is 6.73. The fourth-order valence-corrected chi connectivity index (χ4v) is 2.85. The molecule has 0 radical (unpaired) electrons. The first-order chi connectivity index (χ1) is 9.80. The average Bonchev–Trinajstić information content (AvgIpc) is 2.44. The Morgan fingerprint density at radius 2 is 2.00 bits per heavy atom. The van der Waals surface area contributed by atoms with Crippen molar-refractivity contribution in [1.29, 1.82) is 0 Å². The molecule has 0 amide bonds. The van der Waals surface area contributed by atoms with Gasteiger partial charge in [0, 0.05) is 25.9 Å². The Labute approximate surface area is 127 Å². The lowest BCUT2D eigenvalue weighted by Crippen LogP contribution is -2.40. The molecule has 2 N–H and O–H groups in total. The van der Waals surface area contributed by atoms with Gasteiger partial charge in [-0.15, -0.1) is 0 Å². The molecule has 1 heterocycles. The first-order valence-corrected chi connectivity index (χ1v) is 8.58. The molecule has 6 nitrogen and oxygen atoms in total. The quantitative estimate of drug-likeness (QED) is 0.717. The maximum absolute atomic E-state index is 12.2. The van der Waals surface area contributed by atoms with Gasteiger partial charge in [-0.25, -0.2) is 18.1 Å². The van der Waals surface area contributed by atoms with Crippen LogP contribution >= 0.6 is 0 Å². The van der Waals surface area contributed by atoms with Crippen LogP contribution in [0.3, 0.4) is 0 Å². The van der Waals surface area contributed by atoms with E-state index in [4.69, 9.17) is 4.74 Å². The lowest BCUT2D eigenvalue weighted by Gasteiger charge is -2.24. The smallest absolute Gasteiger partial charge is 0.258 e. The minimum Gasteiger partial charge on any atom is -0.375 e. The molecule has 120 valence electrons. The second-order valence-corrected chi connectivity index (χ2v) is 7.02. The largest absolute Gasteiger partial charge is 0.375 e. The standard InChI is InChI=1S/C14H25N3O3S/c1-5-15-9-12-7-8-13(16-10-12)21(18,19)17-11-14(3,4)20-6-2/h7-8,10,15,17H,5-6,9,11H2,1-4H3. The molecule has 1 aromatic rings. The van der Waals surface area contributed by atoms with Gasteiger partial charge in [-0.05, 0) is 38.9 Å². The molecule has 0 aliphatic carbocycles. The zero-order valence-electron chi connectivity index (χ0n) is 13.1. The van der Waals surface area contributed by atoms with E-state index in [1.54, 1.807) is 12.3 Å². The summed E-state index contributed by atoms with van der Waals surface area (Å²) in [7, 11) is -3.61. The van der Waals surface area contributed by atoms with E-state index in [9.17, 15) is 8.42 Å². The molecule has 0 aromatic carbocycles. The second kappa shape index (κ2) is 7.84. The summed E-state index contributed by atoms with van der Waals surface area (Å²) < 4.78 is 32.3. The van der Waals surface area contributed by atoms with Gasteiger partial charge in [0.15, 0.2) is 5.03 Å². The molecule has 0 atom stereocenters. The van der Waals surface area contributed by atoms with Crippen LogP contribution in [0.2, 0.25) is 0 Å². The van der Waals surface area contributed by atoms with Crippen molar-refractivity contribution >= 4 is 10.0 Å². The number of nitrogens with one attached hydrogen (secondary N) is 2. The zero-order valence-corrected chi connectivity index (χ0v) is 14.0. The molecule has 0 saturated carbocycles. The van der Waals surface area contributed by atoms with E-state index in [0.717, 1.165) is 12.1 Å². The number of aromatic nitrogens is 1. The fraction of sp³-hybridized carbons (Fsp3) is 0.643. The van der Waals surface area contributed by atoms with E-state index in [0.29, 0.717) is 13.2 Å². The lowest BCUT2D eigenvalue weighted by atomic mass is 10.1. The number of hydrogen-bond donors (Lipinski definition) is 2. The van der Waals surface area contributed by atoms with Crippen molar-refractivity contribution in [2.75, 3.05) is 19.7 Å². The summed E-state index contributed by atoms with van der Waals surface area (Å²) in [4.78, 5) is 4.02. The van der Waals surface area contributed by atoms with E-state index < -0.39 is 15.6 Å². The highest BCUT2D eigenvalue weighted by Gasteiger charge is 2.23. The van der Waals surface area contributed by atoms with E-state index in [2.05, 4.69) is 15.0 Å². The van der Waals surface area contributed by atoms with Crippen molar-refractivity contribution in [1.82, 2.24) is 15.0 Å². The molecule has 0 unspecified atom stereocenters. The van der Waals surface area contributed by atoms with E-state index >= 15 is 0 Å². The van der Waals surface area contributed by atoms with Crippen molar-refractivity contribution in [2.45, 2.75) is 44.9 Å². The summed E-state index contributed by atoms with van der Waals surface area (Å²) >= 11 is 0. The van der Waals surface area contributed by atoms with Crippen LogP contribution < -0.4 is 10.0 Å². The number of sulfonamides is 1. The van der Waals surface area contributed by atoms with Crippen LogP contribution in [-0.2, 0) is 21.3 Å². The van der Waals surface area contributed by atoms with Gasteiger partial charge >= 0.3 is 0 Å². The molecule has 1 aromatic heterocycles. The third kappa shape index (κ3) is 6.09. The van der Waals surface area contributed by atoms with Gasteiger partial charge in [0.05, 0.1) is 5.60 Å². The van der Waals surface area contributed by atoms with Crippen LogP contribution in [0.25, 0.3) is 0 Å². The molecular formula is C14H25N3O3S. The Morgan fingerprint density at radius 3 is 2.52 bits per heavy atom. The number of ether oxygens (including phenoxy) is 1. The first-order valence-electron chi connectivity index (χ1n) is 7.10. The van der Waals surface area contributed by atoms with Gasteiger partial charge in [-0.3, -0.25) is 0 Å². The van der Waals surface area contributed by atoms with Crippen LogP contribution in [0.1, 0.15) is 33.3 Å². The van der Waals surface area contributed by atoms with Crippen LogP contribution in [0.5, 0.6) is 0 Å². The highest BCUT2D eigenvalue weighted by molar-refractivity contribution is 7.89. The maximum Gasteiger partial charge on any atom is 0.258 e. The van der Waals surface area contributed by atoms with Gasteiger partial charge in [0.25, 0.3) is 10.0 Å². The first kappa shape index (κ1) is 18.0. The molecule has 0 aliphatic rings. The Hall–Kier alpha value is -1.02. The van der Waals surface area contributed by atoms with Gasteiger partial charge in [0.2, 0.25) is 0 Å². The predicted octanol–water partition coefficient (Wildman–Crippen LogP) is 1.28. The molecule has 1 rings (SSSR count). The summed E-state index contributed by atoms with van der Waals surface area (Å²) in [5.74, 6) is 0. The third-order valence-corrected chi connectivity index (χ3v) is 4.19. The van der Waals surface area contributed by atoms with Crippen LogP contribution in [0.15, 0.2) is 23.4 Å². The van der Waals surface area contributed by atoms with Gasteiger partial charge in [0.1, 0.15) is 0 Å². The van der Waals surface area contributed by atoms with E-state index in [1.165, 1.54) is 6.07 Å². The number of nitrogens with zero attached hydrogens (tertiary/aromatic N) is 1. The van der Waals surface area contributed by atoms with Crippen molar-refractivity contribution < 1.29 is 13.2 Å². The highest BCUT2D eigenvalue weighted by Crippen LogP contribution is 2.11. The topological polar surface area (TPSA) is 80.3 Å². The molecule has 0 fully saturated rings. The average molecular weight is 315 g/mol. The summed E-state index contributed by atoms with van der Waals surface area (Å²) in [5.41, 5.74) is 0.401. The number of rotatable bonds is 9. The molecular weight excluding hydrogens is 290 g/mol. The van der Waals surface area contributed by atoms with Crippen molar-refractivity contribution in [3.8, 4) is 0 Å². The molecule has 0 spiro atoms. The third-order valence-electron chi connectivity index (χ3n) is 2.88. The van der Waals surface area contributed by atoms with Gasteiger partial charge < -0.3 is 10.1 Å². The molecule has 0 saturated heterocycles. The Bertz CT molecular complexity index is 527. The second-order valence-electron chi connectivity index (χ2n) is 5.30. The van der Waals surface area contributed by atoms with E-state index in [1.807, 2.05) is 27.7 Å². The minimum atomic E-state index is -3.61. The van der Waals surface area contributed by atoms with Crippen LogP contribution in [-0.4, -0.2) is 38.7 Å². The summed E-state index contributed by atoms with van der Waals surface area (Å²) in [6, 6.07) is 3.28. The van der Waals surface area contributed by atoms with Gasteiger partial charge in [-0.1, -0.05) is 13.0 Å². The minimum absolute atomic E-state index is 0.0232. The number of pyridine rings is 1. The highest BCUT2D eigenvalue weighted by atomic mass is 32.2. The maximum atomic E-state index is 12.2. The summed E-state index contributed by atoms with van der Waals surface area (Å²) in [6.45, 7) is 9.83. The summed E-state index contributed by atoms with van der Waals surface area (Å²) in [6.07, 6.45) is 1.57. The normalized spacial score (nSPS) is 12.6. The van der Waals surface area contributed by atoms with Crippen molar-refractivity contribution in [2.24, 2.45) is 0 Å². The molecule has 0 aliphatic heterocycles. The lowest BCUT2D eigenvalue weighted by molar-refractivity contribution is -0.00515. The Balaban J connectivity index is 2.70. The van der Waals surface area contributed by atoms with E-state index in [-0.39, 0.29) is 11.6 Å². The monoisotopic (exact) mass is 315 g/mol. The van der Waals surface area contributed by atoms with Crippen molar-refractivity contribution in [3.05, 3.63) is 23.9 Å². The molecule has 7 heteroatoms. The van der Waals surface area contributed by atoms with Crippen LogP contribution in [0, 0.1) is 0 Å². The molecule has 0 bridgehead atoms. The zero-order chi connectivity index (χ0) is 15.9. The number of hydrogen-bond acceptors (Lipinski definition) is 5. The fourth-order valence-electron chi connectivity index (χ4n) is 1.73. The van der Waals surface area contributed by atoms with Gasteiger partial charge in [-0.2, -0.15) is 0 Å². The molecule has 21 heavy (non-hydrogen) atoms. The van der Waals surface area contributed by atoms with Crippen molar-refractivity contribution in [3.63, 3.8) is 0 Å². The van der Waals surface area contributed by atoms with Crippen LogP contribution in [0.4, 0.5) is 0 Å².